The van der Waals surface area contributed by atoms with Gasteiger partial charge in [-0.3, -0.25) is 24.5 Å². The molecule has 0 bridgehead atoms. The highest BCUT2D eigenvalue weighted by atomic mass is 79.9. The van der Waals surface area contributed by atoms with Crippen molar-refractivity contribution in [1.29, 1.82) is 0 Å². The monoisotopic (exact) mass is 567 g/mol. The molecule has 2 aliphatic heterocycles. The molecule has 2 fully saturated rings. The van der Waals surface area contributed by atoms with Crippen LogP contribution in [0.15, 0.2) is 71.2 Å². The smallest absolute Gasteiger partial charge is 0.271 e. The second-order valence-electron chi connectivity index (χ2n) is 8.43. The van der Waals surface area contributed by atoms with Crippen LogP contribution in [-0.2, 0) is 14.4 Å². The third-order valence-corrected chi connectivity index (χ3v) is 6.95. The van der Waals surface area contributed by atoms with E-state index in [-0.39, 0.29) is 5.69 Å². The summed E-state index contributed by atoms with van der Waals surface area (Å²) in [6, 6.07) is 17.2. The van der Waals surface area contributed by atoms with Crippen LogP contribution in [0, 0.1) is 16.0 Å². The van der Waals surface area contributed by atoms with Crippen molar-refractivity contribution in [3.63, 3.8) is 0 Å². The van der Waals surface area contributed by atoms with Gasteiger partial charge in [0.05, 0.1) is 40.5 Å². The predicted molar refractivity (Wildman–Crippen MR) is 137 cm³/mol. The average Bonchev–Trinajstić information content (AvgIpc) is 3.40. The number of non-ortho nitro benzene ring substituents is 1. The maximum Gasteiger partial charge on any atom is 0.271 e. The highest BCUT2D eigenvalue weighted by Gasteiger charge is 2.60. The number of carbonyl (C=O) groups is 2. The summed E-state index contributed by atoms with van der Waals surface area (Å²) in [7, 11) is 1.54. The lowest BCUT2D eigenvalue weighted by atomic mass is 9.90. The number of halogens is 1. The minimum Gasteiger partial charge on any atom is -0.496 e. The molecular formula is C26H22BrN3O7. The van der Waals surface area contributed by atoms with Crippen LogP contribution in [-0.4, -0.2) is 36.6 Å². The van der Waals surface area contributed by atoms with Crippen LogP contribution in [0.5, 0.6) is 11.5 Å². The normalized spacial score (nSPS) is 20.8. The Bertz CT molecular complexity index is 1380. The zero-order chi connectivity index (χ0) is 26.3. The van der Waals surface area contributed by atoms with Crippen LogP contribution < -0.4 is 19.4 Å². The summed E-state index contributed by atoms with van der Waals surface area (Å²) < 4.78 is 11.4. The van der Waals surface area contributed by atoms with Crippen LogP contribution in [0.4, 0.5) is 17.1 Å². The molecule has 2 amide bonds. The van der Waals surface area contributed by atoms with E-state index in [0.29, 0.717) is 39.5 Å². The Labute approximate surface area is 220 Å². The Morgan fingerprint density at radius 3 is 2.43 bits per heavy atom. The largest absolute Gasteiger partial charge is 0.496 e. The molecule has 0 unspecified atom stereocenters. The number of fused-ring (bicyclic) bond motifs is 1. The van der Waals surface area contributed by atoms with Gasteiger partial charge < -0.3 is 9.47 Å². The van der Waals surface area contributed by atoms with Gasteiger partial charge in [0, 0.05) is 12.1 Å². The predicted octanol–water partition coefficient (Wildman–Crippen LogP) is 4.82. The molecule has 10 nitrogen and oxygen atoms in total. The first-order chi connectivity index (χ1) is 17.8. The summed E-state index contributed by atoms with van der Waals surface area (Å²) in [6.07, 6.45) is -1.11. The molecule has 2 saturated heterocycles. The van der Waals surface area contributed by atoms with Gasteiger partial charge in [0.1, 0.15) is 17.4 Å². The fraction of sp³-hybridized carbons (Fsp3) is 0.231. The average molecular weight is 568 g/mol. The van der Waals surface area contributed by atoms with Crippen molar-refractivity contribution in [2.75, 3.05) is 23.7 Å². The van der Waals surface area contributed by atoms with E-state index in [1.807, 2.05) is 6.92 Å². The van der Waals surface area contributed by atoms with Gasteiger partial charge in [0.15, 0.2) is 6.10 Å². The first-order valence-corrected chi connectivity index (χ1v) is 12.3. The SMILES string of the molecule is CCOc1ccc(N2C(=O)[C@H]3[C@@H](ON(c4cccc([N+](=O)[O-])c4)[C@H]3c3ccc(OC)c(Br)c3)C2=O)cc1. The van der Waals surface area contributed by atoms with Crippen molar-refractivity contribution in [1.82, 2.24) is 0 Å². The summed E-state index contributed by atoms with van der Waals surface area (Å²) in [5.41, 5.74) is 1.30. The third kappa shape index (κ3) is 4.30. The van der Waals surface area contributed by atoms with Gasteiger partial charge >= 0.3 is 0 Å². The van der Waals surface area contributed by atoms with Crippen LogP contribution in [0.3, 0.4) is 0 Å². The fourth-order valence-electron chi connectivity index (χ4n) is 4.70. The lowest BCUT2D eigenvalue weighted by molar-refractivity contribution is -0.384. The number of anilines is 2. The van der Waals surface area contributed by atoms with Gasteiger partial charge in [0.2, 0.25) is 5.91 Å². The number of hydroxylamine groups is 1. The van der Waals surface area contributed by atoms with Crippen molar-refractivity contribution in [3.05, 3.63) is 86.9 Å². The van der Waals surface area contributed by atoms with Gasteiger partial charge in [-0.05, 0) is 70.9 Å². The number of benzene rings is 3. The highest BCUT2D eigenvalue weighted by molar-refractivity contribution is 9.10. The summed E-state index contributed by atoms with van der Waals surface area (Å²) in [5.74, 6) is -0.613. The van der Waals surface area contributed by atoms with Gasteiger partial charge in [-0.2, -0.15) is 0 Å². The molecule has 11 heteroatoms. The number of hydrogen-bond acceptors (Lipinski definition) is 8. The van der Waals surface area contributed by atoms with Gasteiger partial charge in [-0.1, -0.05) is 12.1 Å². The van der Waals surface area contributed by atoms with Crippen molar-refractivity contribution in [3.8, 4) is 11.5 Å². The number of ether oxygens (including phenoxy) is 2. The van der Waals surface area contributed by atoms with E-state index >= 15 is 0 Å². The number of nitrogens with zero attached hydrogens (tertiary/aromatic N) is 3. The molecule has 0 spiro atoms. The van der Waals surface area contributed by atoms with Crippen LogP contribution >= 0.6 is 15.9 Å². The molecule has 0 aromatic heterocycles. The quantitative estimate of drug-likeness (QED) is 0.227. The van der Waals surface area contributed by atoms with E-state index in [1.165, 1.54) is 30.4 Å². The Kier molecular flexibility index (Phi) is 6.57. The summed E-state index contributed by atoms with van der Waals surface area (Å²) in [6.45, 7) is 2.36. The number of amides is 2. The fourth-order valence-corrected chi connectivity index (χ4v) is 5.26. The first-order valence-electron chi connectivity index (χ1n) is 11.5. The van der Waals surface area contributed by atoms with Crippen molar-refractivity contribution >= 4 is 44.8 Å². The number of nitro groups is 1. The van der Waals surface area contributed by atoms with Crippen LogP contribution in [0.25, 0.3) is 0 Å². The van der Waals surface area contributed by atoms with Gasteiger partial charge in [-0.25, -0.2) is 9.96 Å². The van der Waals surface area contributed by atoms with Gasteiger partial charge in [-0.15, -0.1) is 0 Å². The molecular weight excluding hydrogens is 546 g/mol. The first kappa shape index (κ1) is 24.7. The molecule has 0 saturated carbocycles. The summed E-state index contributed by atoms with van der Waals surface area (Å²) >= 11 is 3.48. The van der Waals surface area contributed by atoms with E-state index < -0.39 is 34.8 Å². The van der Waals surface area contributed by atoms with Crippen molar-refractivity contribution < 1.29 is 28.8 Å². The molecule has 2 aliphatic rings. The van der Waals surface area contributed by atoms with Crippen molar-refractivity contribution in [2.24, 2.45) is 5.92 Å². The Hall–Kier alpha value is -3.96. The molecule has 0 N–H and O–H groups in total. The minimum atomic E-state index is -1.11. The van der Waals surface area contributed by atoms with Crippen LogP contribution in [0.2, 0.25) is 0 Å². The van der Waals surface area contributed by atoms with E-state index in [2.05, 4.69) is 15.9 Å². The maximum atomic E-state index is 13.8. The highest BCUT2D eigenvalue weighted by Crippen LogP contribution is 2.48. The number of hydrogen-bond donors (Lipinski definition) is 0. The Balaban J connectivity index is 1.57. The molecule has 3 aromatic carbocycles. The number of rotatable bonds is 7. The summed E-state index contributed by atoms with van der Waals surface area (Å²) in [4.78, 5) is 45.4. The molecule has 3 aromatic rings. The molecule has 5 rings (SSSR count). The van der Waals surface area contributed by atoms with Crippen molar-refractivity contribution in [2.45, 2.75) is 19.1 Å². The maximum absolute atomic E-state index is 13.8. The number of carbonyl (C=O) groups excluding carboxylic acids is 2. The number of methoxy groups -OCH3 is 1. The molecule has 0 radical (unpaired) electrons. The van der Waals surface area contributed by atoms with E-state index in [0.717, 1.165) is 4.90 Å². The molecule has 0 aliphatic carbocycles. The number of imide groups is 1. The lowest BCUT2D eigenvalue weighted by Gasteiger charge is -2.29. The molecule has 2 heterocycles. The van der Waals surface area contributed by atoms with Crippen LogP contribution in [0.1, 0.15) is 18.5 Å². The van der Waals surface area contributed by atoms with E-state index in [9.17, 15) is 19.7 Å². The second kappa shape index (κ2) is 9.83. The lowest BCUT2D eigenvalue weighted by Crippen LogP contribution is -2.37. The second-order valence-corrected chi connectivity index (χ2v) is 9.29. The zero-order valence-electron chi connectivity index (χ0n) is 19.9. The van der Waals surface area contributed by atoms with E-state index in [1.54, 1.807) is 48.5 Å². The molecule has 3 atom stereocenters. The topological polar surface area (TPSA) is 111 Å². The third-order valence-electron chi connectivity index (χ3n) is 6.33. The van der Waals surface area contributed by atoms with E-state index in [4.69, 9.17) is 14.3 Å². The Morgan fingerprint density at radius 1 is 1.03 bits per heavy atom. The molecule has 190 valence electrons. The summed E-state index contributed by atoms with van der Waals surface area (Å²) in [5, 5.41) is 12.8. The molecule has 37 heavy (non-hydrogen) atoms. The number of nitro benzene ring substituents is 1. The Morgan fingerprint density at radius 2 is 1.78 bits per heavy atom. The minimum absolute atomic E-state index is 0.138. The standard InChI is InChI=1S/C26H22BrN3O7/c1-3-36-19-10-8-16(9-11-19)28-25(31)22-23(15-7-12-21(35-2)20(27)13-15)29(37-24(22)26(28)32)17-5-4-6-18(14-17)30(33)34/h4-14,22-24H,3H2,1-2H3/t22-,23+,24-/m1/s1. The van der Waals surface area contributed by atoms with Gasteiger partial charge in [0.25, 0.3) is 11.6 Å². The zero-order valence-corrected chi connectivity index (χ0v) is 21.5.